The van der Waals surface area contributed by atoms with E-state index in [1.165, 1.54) is 83.7 Å². The summed E-state index contributed by atoms with van der Waals surface area (Å²) in [6.45, 7) is 3.97. The van der Waals surface area contributed by atoms with Crippen LogP contribution in [0.5, 0.6) is 11.5 Å². The smallest absolute Gasteiger partial charge is 0.303 e. The van der Waals surface area contributed by atoms with Gasteiger partial charge in [0.05, 0.1) is 31.5 Å². The van der Waals surface area contributed by atoms with Crippen LogP contribution in [0.15, 0.2) is 48.5 Å². The second-order valence-electron chi connectivity index (χ2n) is 17.3. The average molecular weight is 1270 g/mol. The number of rotatable bonds is 30. The van der Waals surface area contributed by atoms with Gasteiger partial charge in [-0.25, -0.2) is 0 Å². The highest BCUT2D eigenvalue weighted by atomic mass is 127. The zero-order chi connectivity index (χ0) is 51.6. The molecular weight excluding hydrogens is 1190 g/mol. The Labute approximate surface area is 462 Å². The van der Waals surface area contributed by atoms with E-state index in [4.69, 9.17) is 40.2 Å². The van der Waals surface area contributed by atoms with E-state index in [0.717, 1.165) is 86.7 Å². The molecule has 2 aromatic heterocycles. The van der Waals surface area contributed by atoms with Gasteiger partial charge in [-0.1, -0.05) is 91.4 Å². The van der Waals surface area contributed by atoms with Gasteiger partial charge in [-0.15, -0.1) is 0 Å². The Balaban J connectivity index is 0.000000355. The van der Waals surface area contributed by atoms with Crippen LogP contribution in [0.4, 0.5) is 46.5 Å². The Bertz CT molecular complexity index is 2190. The third-order valence-corrected chi connectivity index (χ3v) is 14.1. The third kappa shape index (κ3) is 24.7. The summed E-state index contributed by atoms with van der Waals surface area (Å²) >= 11 is 4.53. The molecule has 2 fully saturated rings. The fourth-order valence-corrected chi connectivity index (χ4v) is 10.1. The normalized spacial score (nSPS) is 13.5. The van der Waals surface area contributed by atoms with Crippen LogP contribution in [0.1, 0.15) is 154 Å². The van der Waals surface area contributed by atoms with Crippen LogP contribution in [0.25, 0.3) is 0 Å². The minimum absolute atomic E-state index is 0. The van der Waals surface area contributed by atoms with Gasteiger partial charge in [-0.3, -0.25) is 9.59 Å². The van der Waals surface area contributed by atoms with Gasteiger partial charge >= 0.3 is 5.97 Å². The molecule has 22 heteroatoms. The van der Waals surface area contributed by atoms with Gasteiger partial charge in [-0.2, -0.15) is 19.9 Å². The number of unbranched alkanes of at least 4 members (excludes halogenated alkanes) is 7. The van der Waals surface area contributed by atoms with Crippen molar-refractivity contribution in [2.45, 2.75) is 155 Å². The summed E-state index contributed by atoms with van der Waals surface area (Å²) in [6, 6.07) is 16.4. The molecule has 2 aromatic carbocycles. The molecular formula is C51H78I2N12O6P2. The predicted octanol–water partition coefficient (Wildman–Crippen LogP) is 14.8. The molecule has 2 aliphatic carbocycles. The van der Waals surface area contributed by atoms with Crippen LogP contribution in [0.3, 0.4) is 0 Å². The minimum atomic E-state index is -0.736. The van der Waals surface area contributed by atoms with Crippen molar-refractivity contribution in [2.75, 3.05) is 51.8 Å². The van der Waals surface area contributed by atoms with E-state index in [1.54, 1.807) is 0 Å². The van der Waals surface area contributed by atoms with Crippen LogP contribution in [-0.4, -0.2) is 82.3 Å². The Hall–Kier alpha value is -4.40. The highest BCUT2D eigenvalue weighted by Crippen LogP contribution is 2.33. The Morgan fingerprint density at radius 1 is 0.644 bits per heavy atom. The van der Waals surface area contributed by atoms with Gasteiger partial charge in [0.2, 0.25) is 11.9 Å². The quantitative estimate of drug-likeness (QED) is 0.00774. The van der Waals surface area contributed by atoms with E-state index in [-0.39, 0.29) is 13.8 Å². The lowest BCUT2D eigenvalue weighted by atomic mass is 9.95. The number of hydrogen-bond acceptors (Lipinski definition) is 17. The molecule has 18 nitrogen and oxygen atoms in total. The van der Waals surface area contributed by atoms with Crippen molar-refractivity contribution in [3.63, 3.8) is 0 Å². The van der Waals surface area contributed by atoms with Crippen molar-refractivity contribution in [2.24, 2.45) is 0 Å². The molecule has 0 spiro atoms. The zero-order valence-electron chi connectivity index (χ0n) is 41.6. The number of benzene rings is 2. The molecule has 4 aromatic rings. The predicted molar refractivity (Wildman–Crippen MR) is 322 cm³/mol. The average Bonchev–Trinajstić information content (AvgIpc) is 3.39. The highest BCUT2D eigenvalue weighted by molar-refractivity contribution is 14.2. The van der Waals surface area contributed by atoms with Gasteiger partial charge in [0.15, 0.2) is 0 Å². The van der Waals surface area contributed by atoms with Crippen molar-refractivity contribution in [3.8, 4) is 11.5 Å². The topological polar surface area (TPSA) is 253 Å². The van der Waals surface area contributed by atoms with Crippen molar-refractivity contribution < 1.29 is 28.9 Å². The van der Waals surface area contributed by atoms with Crippen molar-refractivity contribution in [3.05, 3.63) is 59.7 Å². The molecule has 2 saturated carbocycles. The van der Waals surface area contributed by atoms with Crippen molar-refractivity contribution >= 4 is 128 Å². The highest BCUT2D eigenvalue weighted by Gasteiger charge is 2.21. The molecule has 2 aliphatic rings. The number of carboxylic acids is 1. The lowest BCUT2D eigenvalue weighted by molar-refractivity contribution is -0.137. The molecule has 6 rings (SSSR count). The monoisotopic (exact) mass is 1270 g/mol. The second kappa shape index (κ2) is 38.2. The van der Waals surface area contributed by atoms with E-state index in [9.17, 15) is 4.79 Å². The molecule has 2 atom stereocenters. The largest absolute Gasteiger partial charge is 0.494 e. The van der Waals surface area contributed by atoms with E-state index >= 15 is 0 Å². The lowest BCUT2D eigenvalue weighted by Crippen LogP contribution is -2.24. The summed E-state index contributed by atoms with van der Waals surface area (Å²) in [5, 5.41) is 44.8. The number of nitrogens with one attached hydrogen (secondary N) is 8. The first-order valence-electron chi connectivity index (χ1n) is 25.0. The lowest BCUT2D eigenvalue weighted by Gasteiger charge is -2.25. The first kappa shape index (κ1) is 62.9. The summed E-state index contributed by atoms with van der Waals surface area (Å²) < 4.78 is 15.5. The van der Waals surface area contributed by atoms with Gasteiger partial charge in [-0.05, 0) is 138 Å². The van der Waals surface area contributed by atoms with Gasteiger partial charge in [0, 0.05) is 55.1 Å². The van der Waals surface area contributed by atoms with E-state index in [2.05, 4.69) is 97.2 Å². The molecule has 73 heavy (non-hydrogen) atoms. The summed E-state index contributed by atoms with van der Waals surface area (Å²) in [7, 11) is 1.31. The molecule has 402 valence electrons. The maximum Gasteiger partial charge on any atom is 0.303 e. The number of anilines is 8. The van der Waals surface area contributed by atoms with Gasteiger partial charge in [0.1, 0.15) is 34.8 Å². The van der Waals surface area contributed by atoms with Crippen LogP contribution >= 0.6 is 56.8 Å². The molecule has 2 unspecified atom stereocenters. The summed E-state index contributed by atoms with van der Waals surface area (Å²) in [4.78, 5) is 38.2. The number of methoxy groups -OCH3 is 1. The Morgan fingerprint density at radius 3 is 1.38 bits per heavy atom. The number of nitrogens with zero attached hydrogens (tertiary/aromatic N) is 4. The van der Waals surface area contributed by atoms with Crippen LogP contribution in [-0.2, 0) is 14.3 Å². The molecule has 0 aliphatic heterocycles. The molecule has 0 radical (unpaired) electrons. The van der Waals surface area contributed by atoms with Crippen molar-refractivity contribution in [1.29, 1.82) is 10.8 Å². The maximum atomic E-state index is 10.5. The molecule has 0 bridgehead atoms. The number of aliphatic carboxylic acids is 1. The first-order chi connectivity index (χ1) is 35.2. The number of aromatic nitrogens is 4. The van der Waals surface area contributed by atoms with Crippen LogP contribution in [0, 0.1) is 10.8 Å². The molecule has 0 saturated heterocycles. The SMILES string of the molecule is C.CCCCCCCOc1ccc(Nc2nc(NPI)c(C=N)c(NC3CCCCC3)n2)cc1.COC=O.N=Cc1c(NPI)nc(Nc2ccc(OCCCCCCC(=O)O)cc2)nc1NC1CCCCC1. The van der Waals surface area contributed by atoms with E-state index < -0.39 is 5.97 Å². The standard InChI is InChI=1S/C24H34IN6O3P.C24H36IN6OP.C2H4O2.CH4/c25-35-31-23-20(16-26)22(27-17-8-4-3-5-9-17)29-24(30-23)28-18-11-13-19(14-12-18)34-15-7-2-1-6-10-21(32)33;1-2-3-4-5-9-16-32-20-14-12-19(13-15-20)28-24-29-22(27-18-10-7-6-8-11-18)21(17-26)23(30-24)31-33-25;1-4-2-3;/h11-14,16-17,26,35H,1-10,15H2,(H,32,33)(H3,27,28,29,30,31);12-15,17-18,26,33H,2-11,16H2,1H3,(H3,27,28,29,30,31);2H,1H3;1H4. The fourth-order valence-electron chi connectivity index (χ4n) is 8.05. The number of carbonyl (C=O) groups excluding carboxylic acids is 1. The number of hydrogen-bond donors (Lipinski definition) is 9. The first-order valence-corrected chi connectivity index (χ1v) is 33.3. The van der Waals surface area contributed by atoms with Crippen molar-refractivity contribution in [1.82, 2.24) is 19.9 Å². The second-order valence-corrected chi connectivity index (χ2v) is 21.4. The zero-order valence-corrected chi connectivity index (χ0v) is 47.9. The molecule has 9 N–H and O–H groups in total. The number of carboxylic acid groups (broad SMARTS) is 1. The number of ether oxygens (including phenoxy) is 3. The maximum absolute atomic E-state index is 10.5. The number of halogens is 2. The molecule has 2 heterocycles. The summed E-state index contributed by atoms with van der Waals surface area (Å²) in [5.41, 5.74) is 3.13. The number of carbonyl (C=O) groups is 2. The van der Waals surface area contributed by atoms with Gasteiger partial charge in [0.25, 0.3) is 6.47 Å². The Morgan fingerprint density at radius 2 is 1.03 bits per heavy atom. The van der Waals surface area contributed by atoms with Crippen LogP contribution in [0.2, 0.25) is 0 Å². The summed E-state index contributed by atoms with van der Waals surface area (Å²) in [5.74, 6) is 4.64. The Kier molecular flexibility index (Phi) is 32.9. The molecule has 0 amide bonds. The fraction of sp³-hybridized carbons (Fsp3) is 0.529. The van der Waals surface area contributed by atoms with E-state index in [0.29, 0.717) is 84.8 Å². The summed E-state index contributed by atoms with van der Waals surface area (Å²) in [6.07, 6.45) is 25.4. The minimum Gasteiger partial charge on any atom is -0.494 e. The van der Waals surface area contributed by atoms with Gasteiger partial charge < -0.3 is 61.6 Å². The third-order valence-electron chi connectivity index (χ3n) is 11.8. The van der Waals surface area contributed by atoms with Crippen LogP contribution < -0.4 is 40.9 Å². The van der Waals surface area contributed by atoms with E-state index in [1.807, 2.05) is 48.5 Å².